The number of hydrogen-bond acceptors (Lipinski definition) is 2. The molecule has 0 aliphatic heterocycles. The van der Waals surface area contributed by atoms with Gasteiger partial charge in [-0.3, -0.25) is 4.79 Å². The van der Waals surface area contributed by atoms with Crippen LogP contribution in [0, 0.1) is 12.9 Å². The van der Waals surface area contributed by atoms with Crippen LogP contribution in [-0.2, 0) is 11.2 Å². The summed E-state index contributed by atoms with van der Waals surface area (Å²) in [5.74, 6) is -1.70. The highest BCUT2D eigenvalue weighted by atomic mass is 19.1. The Balaban J connectivity index is 2.44. The van der Waals surface area contributed by atoms with Gasteiger partial charge < -0.3 is 5.11 Å². The molecule has 1 aromatic heterocycles. The molecule has 88 valence electrons. The number of rotatable bonds is 3. The Labute approximate surface area is 97.3 Å². The molecule has 1 heterocycles. The number of para-hydroxylation sites is 1. The van der Waals surface area contributed by atoms with Crippen molar-refractivity contribution in [3.63, 3.8) is 0 Å². The van der Waals surface area contributed by atoms with E-state index < -0.39 is 11.9 Å². The Morgan fingerprint density at radius 2 is 2.18 bits per heavy atom. The van der Waals surface area contributed by atoms with Gasteiger partial charge in [-0.15, -0.1) is 0 Å². The van der Waals surface area contributed by atoms with Crippen molar-refractivity contribution in [3.05, 3.63) is 47.5 Å². The lowest BCUT2D eigenvalue weighted by molar-refractivity contribution is -0.136. The molecule has 0 aliphatic rings. The minimum absolute atomic E-state index is 0.0840. The van der Waals surface area contributed by atoms with Crippen LogP contribution in [0.15, 0.2) is 30.5 Å². The predicted octanol–water partition coefficient (Wildman–Crippen LogP) is 1.95. The van der Waals surface area contributed by atoms with Gasteiger partial charge in [-0.05, 0) is 18.6 Å². The van der Waals surface area contributed by atoms with E-state index in [1.54, 1.807) is 12.1 Å². The molecule has 5 heteroatoms. The molecule has 0 atom stereocenters. The summed E-state index contributed by atoms with van der Waals surface area (Å²) in [6.45, 7) is 1.84. The van der Waals surface area contributed by atoms with Crippen LogP contribution in [0.25, 0.3) is 5.69 Å². The van der Waals surface area contributed by atoms with Gasteiger partial charge in [-0.25, -0.2) is 4.68 Å². The molecule has 17 heavy (non-hydrogen) atoms. The van der Waals surface area contributed by atoms with Gasteiger partial charge in [0.15, 0.2) is 0 Å². The summed E-state index contributed by atoms with van der Waals surface area (Å²) >= 11 is 0. The first-order valence-corrected chi connectivity index (χ1v) is 5.10. The van der Waals surface area contributed by atoms with Gasteiger partial charge in [0.2, 0.25) is 5.95 Å². The molecule has 0 radical (unpaired) electrons. The normalized spacial score (nSPS) is 10.5. The zero-order chi connectivity index (χ0) is 12.4. The molecule has 2 rings (SSSR count). The van der Waals surface area contributed by atoms with Crippen molar-refractivity contribution in [2.45, 2.75) is 13.3 Å². The highest BCUT2D eigenvalue weighted by molar-refractivity contribution is 5.70. The van der Waals surface area contributed by atoms with Crippen LogP contribution >= 0.6 is 0 Å². The fourth-order valence-corrected chi connectivity index (χ4v) is 1.62. The van der Waals surface area contributed by atoms with Crippen molar-refractivity contribution in [3.8, 4) is 5.69 Å². The molecule has 0 fully saturated rings. The third kappa shape index (κ3) is 2.18. The van der Waals surface area contributed by atoms with E-state index in [0.29, 0.717) is 5.69 Å². The Morgan fingerprint density at radius 1 is 1.47 bits per heavy atom. The number of aryl methyl sites for hydroxylation is 1. The number of nitrogens with zero attached hydrogens (tertiary/aromatic N) is 2. The smallest absolute Gasteiger partial charge is 0.308 e. The van der Waals surface area contributed by atoms with E-state index in [0.717, 1.165) is 10.2 Å². The summed E-state index contributed by atoms with van der Waals surface area (Å²) in [6, 6.07) is 7.20. The number of aliphatic carboxylic acids is 1. The average Bonchev–Trinajstić information content (AvgIpc) is 2.61. The maximum atomic E-state index is 13.9. The molecule has 0 spiro atoms. The van der Waals surface area contributed by atoms with Crippen molar-refractivity contribution < 1.29 is 14.3 Å². The molecule has 1 N–H and O–H groups in total. The molecule has 0 aliphatic carbocycles. The average molecular weight is 234 g/mol. The van der Waals surface area contributed by atoms with Crippen LogP contribution in [0.4, 0.5) is 4.39 Å². The first-order chi connectivity index (χ1) is 8.09. The van der Waals surface area contributed by atoms with Crippen molar-refractivity contribution in [1.82, 2.24) is 9.78 Å². The number of carbonyl (C=O) groups is 1. The van der Waals surface area contributed by atoms with E-state index >= 15 is 0 Å². The molecule has 0 saturated heterocycles. The Morgan fingerprint density at radius 3 is 2.82 bits per heavy atom. The molecule has 0 saturated carbocycles. The van der Waals surface area contributed by atoms with Crippen LogP contribution in [0.5, 0.6) is 0 Å². The highest BCUT2D eigenvalue weighted by Gasteiger charge is 2.15. The van der Waals surface area contributed by atoms with Gasteiger partial charge in [-0.2, -0.15) is 9.49 Å². The minimum atomic E-state index is -1.08. The number of aromatic nitrogens is 2. The Kier molecular flexibility index (Phi) is 2.91. The topological polar surface area (TPSA) is 55.1 Å². The van der Waals surface area contributed by atoms with E-state index in [9.17, 15) is 9.18 Å². The number of carboxylic acids is 1. The van der Waals surface area contributed by atoms with Crippen molar-refractivity contribution in [1.29, 1.82) is 0 Å². The van der Waals surface area contributed by atoms with Gasteiger partial charge in [0.1, 0.15) is 0 Å². The van der Waals surface area contributed by atoms with Crippen LogP contribution in [0.3, 0.4) is 0 Å². The van der Waals surface area contributed by atoms with Gasteiger partial charge in [0.05, 0.1) is 18.3 Å². The van der Waals surface area contributed by atoms with E-state index in [2.05, 4.69) is 5.10 Å². The first kappa shape index (κ1) is 11.3. The number of hydrogen-bond donors (Lipinski definition) is 1. The number of benzene rings is 1. The predicted molar refractivity (Wildman–Crippen MR) is 59.6 cm³/mol. The summed E-state index contributed by atoms with van der Waals surface area (Å²) in [5, 5.41) is 12.5. The summed E-state index contributed by atoms with van der Waals surface area (Å²) in [4.78, 5) is 10.5. The second-order valence-electron chi connectivity index (χ2n) is 3.73. The van der Waals surface area contributed by atoms with Crippen LogP contribution in [-0.4, -0.2) is 20.9 Å². The standard InChI is InChI=1S/C12H11FN2O2/c1-8-4-2-3-5-10(8)15-12(13)9(7-14-15)6-11(16)17/h2-5,7H,6H2,1H3,(H,16,17). The summed E-state index contributed by atoms with van der Waals surface area (Å²) in [7, 11) is 0. The minimum Gasteiger partial charge on any atom is -0.481 e. The summed E-state index contributed by atoms with van der Waals surface area (Å²) in [5.41, 5.74) is 1.57. The van der Waals surface area contributed by atoms with Gasteiger partial charge in [0, 0.05) is 5.56 Å². The van der Waals surface area contributed by atoms with Gasteiger partial charge in [-0.1, -0.05) is 18.2 Å². The van der Waals surface area contributed by atoms with E-state index in [-0.39, 0.29) is 12.0 Å². The van der Waals surface area contributed by atoms with Gasteiger partial charge in [0.25, 0.3) is 0 Å². The first-order valence-electron chi connectivity index (χ1n) is 5.10. The van der Waals surface area contributed by atoms with Crippen molar-refractivity contribution in [2.75, 3.05) is 0 Å². The molecular weight excluding hydrogens is 223 g/mol. The quantitative estimate of drug-likeness (QED) is 0.883. The SMILES string of the molecule is Cc1ccccc1-n1ncc(CC(=O)O)c1F. The maximum absolute atomic E-state index is 13.9. The third-order valence-corrected chi connectivity index (χ3v) is 2.47. The highest BCUT2D eigenvalue weighted by Crippen LogP contribution is 2.17. The molecule has 0 amide bonds. The van der Waals surface area contributed by atoms with E-state index in [1.807, 2.05) is 19.1 Å². The van der Waals surface area contributed by atoms with Crippen LogP contribution in [0.2, 0.25) is 0 Å². The molecule has 2 aromatic rings. The van der Waals surface area contributed by atoms with E-state index in [4.69, 9.17) is 5.11 Å². The molecule has 0 bridgehead atoms. The van der Waals surface area contributed by atoms with Crippen molar-refractivity contribution in [2.24, 2.45) is 0 Å². The van der Waals surface area contributed by atoms with Crippen molar-refractivity contribution >= 4 is 5.97 Å². The lowest BCUT2D eigenvalue weighted by Crippen LogP contribution is -2.05. The van der Waals surface area contributed by atoms with Gasteiger partial charge >= 0.3 is 5.97 Å². The molecule has 4 nitrogen and oxygen atoms in total. The zero-order valence-electron chi connectivity index (χ0n) is 9.22. The number of carboxylic acid groups (broad SMARTS) is 1. The number of halogens is 1. The zero-order valence-corrected chi connectivity index (χ0v) is 9.22. The summed E-state index contributed by atoms with van der Waals surface area (Å²) in [6.07, 6.45) is 0.883. The lowest BCUT2D eigenvalue weighted by atomic mass is 10.2. The lowest BCUT2D eigenvalue weighted by Gasteiger charge is -2.05. The van der Waals surface area contributed by atoms with Crippen LogP contribution < -0.4 is 0 Å². The largest absolute Gasteiger partial charge is 0.481 e. The maximum Gasteiger partial charge on any atom is 0.308 e. The monoisotopic (exact) mass is 234 g/mol. The van der Waals surface area contributed by atoms with E-state index in [1.165, 1.54) is 6.20 Å². The fraction of sp³-hybridized carbons (Fsp3) is 0.167. The molecule has 0 unspecified atom stereocenters. The third-order valence-electron chi connectivity index (χ3n) is 2.47. The van der Waals surface area contributed by atoms with Crippen LogP contribution in [0.1, 0.15) is 11.1 Å². The molecular formula is C12H11FN2O2. The molecule has 1 aromatic carbocycles. The summed E-state index contributed by atoms with van der Waals surface area (Å²) < 4.78 is 15.0. The Bertz CT molecular complexity index is 563. The second-order valence-corrected chi connectivity index (χ2v) is 3.73. The second kappa shape index (κ2) is 4.37. The fourth-order valence-electron chi connectivity index (χ4n) is 1.62. The Hall–Kier alpha value is -2.17.